The minimum atomic E-state index is -0.982. The van der Waals surface area contributed by atoms with Crippen molar-refractivity contribution in [3.8, 4) is 11.5 Å². The summed E-state index contributed by atoms with van der Waals surface area (Å²) >= 11 is 6.00. The molecule has 1 N–H and O–H groups in total. The summed E-state index contributed by atoms with van der Waals surface area (Å²) in [4.78, 5) is 26.4. The van der Waals surface area contributed by atoms with Gasteiger partial charge in [0.05, 0.1) is 12.1 Å². The van der Waals surface area contributed by atoms with Gasteiger partial charge in [0.2, 0.25) is 5.75 Å². The molecule has 132 valence electrons. The highest BCUT2D eigenvalue weighted by Crippen LogP contribution is 2.28. The van der Waals surface area contributed by atoms with E-state index in [-0.39, 0.29) is 5.75 Å². The fourth-order valence-corrected chi connectivity index (χ4v) is 2.24. The fraction of sp³-hybridized carbons (Fsp3) is 0.250. The molecule has 1 aromatic heterocycles. The van der Waals surface area contributed by atoms with Crippen molar-refractivity contribution in [2.24, 2.45) is 0 Å². The van der Waals surface area contributed by atoms with E-state index in [0.29, 0.717) is 22.2 Å². The summed E-state index contributed by atoms with van der Waals surface area (Å²) in [7, 11) is 1.48. The number of halogens is 1. The van der Waals surface area contributed by atoms with E-state index in [0.717, 1.165) is 0 Å². The second kappa shape index (κ2) is 7.80. The van der Waals surface area contributed by atoms with Crippen LogP contribution in [-0.4, -0.2) is 29.0 Å². The molecule has 1 amide bonds. The van der Waals surface area contributed by atoms with E-state index in [1.54, 1.807) is 25.1 Å². The van der Waals surface area contributed by atoms with Crippen molar-refractivity contribution in [2.45, 2.75) is 20.0 Å². The number of aryl methyl sites for hydroxylation is 1. The van der Waals surface area contributed by atoms with Crippen molar-refractivity contribution < 1.29 is 19.2 Å². The number of ether oxygens (including phenoxy) is 2. The average molecular weight is 366 g/mol. The van der Waals surface area contributed by atoms with Crippen molar-refractivity contribution >= 4 is 29.0 Å². The molecule has 0 saturated heterocycles. The zero-order valence-electron chi connectivity index (χ0n) is 13.8. The quantitative estimate of drug-likeness (QED) is 0.621. The van der Waals surface area contributed by atoms with E-state index in [1.807, 2.05) is 0 Å². The van der Waals surface area contributed by atoms with Crippen molar-refractivity contribution in [3.63, 3.8) is 0 Å². The lowest BCUT2D eigenvalue weighted by Gasteiger charge is -2.15. The lowest BCUT2D eigenvalue weighted by Crippen LogP contribution is -2.30. The second-order valence-electron chi connectivity index (χ2n) is 5.13. The van der Waals surface area contributed by atoms with Gasteiger partial charge in [0.15, 0.2) is 6.10 Å². The smallest absolute Gasteiger partial charge is 0.406 e. The summed E-state index contributed by atoms with van der Waals surface area (Å²) in [5.41, 5.74) is 0.923. The lowest BCUT2D eigenvalue weighted by atomic mass is 10.2. The van der Waals surface area contributed by atoms with E-state index in [4.69, 9.17) is 21.1 Å². The monoisotopic (exact) mass is 365 g/mol. The van der Waals surface area contributed by atoms with Crippen LogP contribution in [0.25, 0.3) is 0 Å². The van der Waals surface area contributed by atoms with Gasteiger partial charge in [0, 0.05) is 12.6 Å². The zero-order chi connectivity index (χ0) is 18.6. The van der Waals surface area contributed by atoms with Crippen LogP contribution in [0.2, 0.25) is 5.02 Å². The molecular formula is C16H16ClN3O5. The Hall–Kier alpha value is -2.87. The first kappa shape index (κ1) is 18.5. The van der Waals surface area contributed by atoms with Crippen LogP contribution in [-0.2, 0) is 4.79 Å². The van der Waals surface area contributed by atoms with E-state index in [1.165, 1.54) is 26.2 Å². The van der Waals surface area contributed by atoms with Crippen molar-refractivity contribution in [2.75, 3.05) is 12.4 Å². The number of hydrogen-bond donors (Lipinski definition) is 1. The molecule has 0 fully saturated rings. The van der Waals surface area contributed by atoms with Crippen LogP contribution in [0.5, 0.6) is 11.5 Å². The first-order chi connectivity index (χ1) is 11.8. The van der Waals surface area contributed by atoms with Gasteiger partial charge >= 0.3 is 5.82 Å². The van der Waals surface area contributed by atoms with Gasteiger partial charge in [-0.15, -0.1) is 0 Å². The Kier molecular flexibility index (Phi) is 5.76. The highest BCUT2D eigenvalue weighted by atomic mass is 35.5. The molecule has 0 bridgehead atoms. The Balaban J connectivity index is 2.11. The third-order valence-electron chi connectivity index (χ3n) is 3.24. The molecule has 0 unspecified atom stereocenters. The molecule has 9 heteroatoms. The van der Waals surface area contributed by atoms with Crippen LogP contribution in [0.4, 0.5) is 11.5 Å². The molecule has 0 aliphatic carbocycles. The number of benzene rings is 1. The summed E-state index contributed by atoms with van der Waals surface area (Å²) in [6, 6.07) is 7.73. The first-order valence-electron chi connectivity index (χ1n) is 7.25. The summed E-state index contributed by atoms with van der Waals surface area (Å²) < 4.78 is 10.4. The zero-order valence-corrected chi connectivity index (χ0v) is 14.5. The Labute approximate surface area is 148 Å². The molecule has 0 radical (unpaired) electrons. The molecule has 0 spiro atoms. The van der Waals surface area contributed by atoms with Crippen molar-refractivity contribution in [3.05, 3.63) is 51.2 Å². The number of carbonyl (C=O) groups is 1. The predicted octanol–water partition coefficient (Wildman–Crippen LogP) is 3.37. The molecule has 1 heterocycles. The number of hydrogen-bond acceptors (Lipinski definition) is 6. The fourth-order valence-electron chi connectivity index (χ4n) is 1.99. The number of anilines is 1. The Bertz CT molecular complexity index is 812. The van der Waals surface area contributed by atoms with Crippen LogP contribution in [0, 0.1) is 17.0 Å². The molecule has 8 nitrogen and oxygen atoms in total. The molecule has 0 aliphatic heterocycles. The van der Waals surface area contributed by atoms with Gasteiger partial charge in [-0.1, -0.05) is 11.6 Å². The van der Waals surface area contributed by atoms with E-state index < -0.39 is 22.8 Å². The average Bonchev–Trinajstić information content (AvgIpc) is 2.56. The number of methoxy groups -OCH3 is 1. The van der Waals surface area contributed by atoms with E-state index in [9.17, 15) is 14.9 Å². The molecule has 2 aromatic rings. The van der Waals surface area contributed by atoms with Crippen LogP contribution >= 0.6 is 11.6 Å². The largest absolute Gasteiger partial charge is 0.495 e. The van der Waals surface area contributed by atoms with Crippen LogP contribution < -0.4 is 14.8 Å². The normalized spacial score (nSPS) is 11.5. The topological polar surface area (TPSA) is 104 Å². The minimum Gasteiger partial charge on any atom is -0.495 e. The summed E-state index contributed by atoms with van der Waals surface area (Å²) in [5, 5.41) is 14.0. The maximum atomic E-state index is 12.2. The number of nitrogens with one attached hydrogen (secondary N) is 1. The highest BCUT2D eigenvalue weighted by Gasteiger charge is 2.23. The van der Waals surface area contributed by atoms with Crippen LogP contribution in [0.1, 0.15) is 12.6 Å². The van der Waals surface area contributed by atoms with E-state index in [2.05, 4.69) is 10.3 Å². The molecule has 1 aromatic carbocycles. The van der Waals surface area contributed by atoms with E-state index >= 15 is 0 Å². The Morgan fingerprint density at radius 1 is 1.32 bits per heavy atom. The van der Waals surface area contributed by atoms with Gasteiger partial charge in [-0.3, -0.25) is 4.79 Å². The van der Waals surface area contributed by atoms with Crippen molar-refractivity contribution in [1.82, 2.24) is 4.98 Å². The third-order valence-corrected chi connectivity index (χ3v) is 3.54. The molecule has 0 saturated carbocycles. The summed E-state index contributed by atoms with van der Waals surface area (Å²) in [6.45, 7) is 3.10. The summed E-state index contributed by atoms with van der Waals surface area (Å²) in [6.07, 6.45) is -0.982. The third kappa shape index (κ3) is 4.57. The van der Waals surface area contributed by atoms with Crippen LogP contribution in [0.15, 0.2) is 30.3 Å². The SMILES string of the molecule is COc1ccc(NC(=O)[C@H](C)Oc2ccc(C)nc2[N+](=O)[O-])cc1Cl. The second-order valence-corrected chi connectivity index (χ2v) is 5.54. The van der Waals surface area contributed by atoms with Gasteiger partial charge in [-0.2, -0.15) is 0 Å². The van der Waals surface area contributed by atoms with Crippen molar-refractivity contribution in [1.29, 1.82) is 0 Å². The number of nitrogens with zero attached hydrogens (tertiary/aromatic N) is 2. The van der Waals surface area contributed by atoms with Crippen LogP contribution in [0.3, 0.4) is 0 Å². The molecule has 0 aliphatic rings. The van der Waals surface area contributed by atoms with Gasteiger partial charge in [-0.25, -0.2) is 0 Å². The maximum absolute atomic E-state index is 12.2. The summed E-state index contributed by atoms with van der Waals surface area (Å²) in [5.74, 6) is -0.528. The van der Waals surface area contributed by atoms with Gasteiger partial charge < -0.3 is 24.9 Å². The number of pyridine rings is 1. The lowest BCUT2D eigenvalue weighted by molar-refractivity contribution is -0.390. The number of amides is 1. The number of aromatic nitrogens is 1. The number of carbonyl (C=O) groups excluding carboxylic acids is 1. The number of rotatable bonds is 6. The van der Waals surface area contributed by atoms with Gasteiger partial charge in [-0.05, 0) is 47.2 Å². The Morgan fingerprint density at radius 2 is 2.00 bits per heavy atom. The Morgan fingerprint density at radius 3 is 2.60 bits per heavy atom. The molecule has 2 rings (SSSR count). The standard InChI is InChI=1S/C16H16ClN3O5/c1-9-4-6-14(15(18-9)20(22)23)25-10(2)16(21)19-11-5-7-13(24-3)12(17)8-11/h4-8,10H,1-3H3,(H,19,21)/t10-/m0/s1. The maximum Gasteiger partial charge on any atom is 0.406 e. The number of nitro groups is 1. The van der Waals surface area contributed by atoms with Gasteiger partial charge in [0.25, 0.3) is 5.91 Å². The molecule has 25 heavy (non-hydrogen) atoms. The highest BCUT2D eigenvalue weighted by molar-refractivity contribution is 6.32. The first-order valence-corrected chi connectivity index (χ1v) is 7.62. The van der Waals surface area contributed by atoms with Gasteiger partial charge in [0.1, 0.15) is 11.4 Å². The minimum absolute atomic E-state index is 0.0778. The molecular weight excluding hydrogens is 350 g/mol. The predicted molar refractivity (Wildman–Crippen MR) is 92.4 cm³/mol. The molecule has 1 atom stereocenters.